The molecule has 0 saturated heterocycles. The number of benzene rings is 1. The van der Waals surface area contributed by atoms with Gasteiger partial charge in [0.2, 0.25) is 0 Å². The number of nitrogens with zero attached hydrogens (tertiary/aromatic N) is 1. The average Bonchev–Trinajstić information content (AvgIpc) is 2.65. The van der Waals surface area contributed by atoms with Crippen molar-refractivity contribution in [3.05, 3.63) is 33.9 Å². The number of nitrogen functional groups attached to an aromatic ring is 1. The van der Waals surface area contributed by atoms with Crippen LogP contribution < -0.4 is 5.73 Å². The molecule has 6 heteroatoms. The van der Waals surface area contributed by atoms with Crippen LogP contribution in [0.15, 0.2) is 18.2 Å². The number of nitrogens with two attached hydrogens (primary N) is 1. The largest absolute Gasteiger partial charge is 0.481 e. The fourth-order valence-electron chi connectivity index (χ4n) is 3.06. The Morgan fingerprint density at radius 3 is 2.35 bits per heavy atom. The van der Waals surface area contributed by atoms with Crippen LogP contribution in [-0.4, -0.2) is 16.0 Å². The first-order chi connectivity index (χ1) is 9.49. The normalized spacial score (nSPS) is 18.2. The first-order valence-electron chi connectivity index (χ1n) is 6.76. The zero-order valence-electron chi connectivity index (χ0n) is 11.2. The van der Waals surface area contributed by atoms with Crippen molar-refractivity contribution in [2.75, 3.05) is 5.73 Å². The summed E-state index contributed by atoms with van der Waals surface area (Å²) >= 11 is 0. The summed E-state index contributed by atoms with van der Waals surface area (Å²) < 4.78 is 0. The highest BCUT2D eigenvalue weighted by Gasteiger charge is 2.42. The van der Waals surface area contributed by atoms with Crippen LogP contribution in [0.3, 0.4) is 0 Å². The third-order valence-electron chi connectivity index (χ3n) is 4.16. The van der Waals surface area contributed by atoms with Gasteiger partial charge in [0.25, 0.3) is 5.69 Å². The van der Waals surface area contributed by atoms with Crippen molar-refractivity contribution in [1.29, 1.82) is 0 Å². The van der Waals surface area contributed by atoms with E-state index in [-0.39, 0.29) is 11.4 Å². The summed E-state index contributed by atoms with van der Waals surface area (Å²) in [6, 6.07) is 4.44. The first kappa shape index (κ1) is 14.3. The average molecular weight is 278 g/mol. The molecule has 0 unspecified atom stereocenters. The second-order valence-corrected chi connectivity index (χ2v) is 5.30. The van der Waals surface area contributed by atoms with Gasteiger partial charge in [-0.2, -0.15) is 0 Å². The van der Waals surface area contributed by atoms with Crippen molar-refractivity contribution in [2.24, 2.45) is 0 Å². The molecule has 3 N–H and O–H groups in total. The fraction of sp³-hybridized carbons (Fsp3) is 0.500. The molecule has 108 valence electrons. The summed E-state index contributed by atoms with van der Waals surface area (Å²) in [6.45, 7) is 0. The molecule has 1 aliphatic carbocycles. The van der Waals surface area contributed by atoms with Gasteiger partial charge in [-0.25, -0.2) is 0 Å². The number of nitro groups is 1. The molecule has 1 aliphatic rings. The van der Waals surface area contributed by atoms with Gasteiger partial charge in [-0.3, -0.25) is 14.9 Å². The zero-order chi connectivity index (χ0) is 14.8. The number of hydrogen-bond acceptors (Lipinski definition) is 4. The van der Waals surface area contributed by atoms with Crippen molar-refractivity contribution in [1.82, 2.24) is 0 Å². The second-order valence-electron chi connectivity index (χ2n) is 5.30. The maximum absolute atomic E-state index is 11.8. The van der Waals surface area contributed by atoms with E-state index in [4.69, 9.17) is 5.73 Å². The first-order valence-corrected chi connectivity index (χ1v) is 6.76. The van der Waals surface area contributed by atoms with E-state index in [9.17, 15) is 20.0 Å². The number of rotatable bonds is 3. The molecule has 1 fully saturated rings. The Morgan fingerprint density at radius 2 is 1.85 bits per heavy atom. The molecule has 0 atom stereocenters. The Labute approximate surface area is 116 Å². The van der Waals surface area contributed by atoms with Crippen LogP contribution in [0.2, 0.25) is 0 Å². The molecule has 0 aromatic heterocycles. The van der Waals surface area contributed by atoms with Crippen LogP contribution in [-0.2, 0) is 10.2 Å². The number of nitro benzene ring substituents is 1. The molecule has 2 rings (SSSR count). The number of carboxylic acids is 1. The van der Waals surface area contributed by atoms with Crippen LogP contribution in [0.25, 0.3) is 0 Å². The number of para-hydroxylation sites is 1. The van der Waals surface area contributed by atoms with E-state index in [1.807, 2.05) is 0 Å². The van der Waals surface area contributed by atoms with Crippen LogP contribution in [0.1, 0.15) is 44.1 Å². The fourth-order valence-corrected chi connectivity index (χ4v) is 3.06. The van der Waals surface area contributed by atoms with E-state index in [1.54, 1.807) is 6.07 Å². The van der Waals surface area contributed by atoms with Crippen LogP contribution in [0, 0.1) is 10.1 Å². The standard InChI is InChI=1S/C14H18N2O4/c15-12-10(6-5-7-11(12)16(19)20)14(13(17)18)8-3-1-2-4-9-14/h5-7H,1-4,8-9,15H2,(H,17,18). The molecular formula is C14H18N2O4. The second kappa shape index (κ2) is 5.48. The summed E-state index contributed by atoms with van der Waals surface area (Å²) in [4.78, 5) is 22.3. The van der Waals surface area contributed by atoms with Crippen molar-refractivity contribution >= 4 is 17.3 Å². The number of carboxylic acid groups (broad SMARTS) is 1. The topological polar surface area (TPSA) is 106 Å². The number of anilines is 1. The lowest BCUT2D eigenvalue weighted by Crippen LogP contribution is -2.36. The SMILES string of the molecule is Nc1c([N+](=O)[O-])cccc1C1(C(=O)O)CCCCCC1. The zero-order valence-corrected chi connectivity index (χ0v) is 11.2. The third-order valence-corrected chi connectivity index (χ3v) is 4.16. The van der Waals surface area contributed by atoms with E-state index in [0.29, 0.717) is 18.4 Å². The van der Waals surface area contributed by atoms with Gasteiger partial charge in [0.15, 0.2) is 0 Å². The number of hydrogen-bond donors (Lipinski definition) is 2. The molecule has 0 bridgehead atoms. The maximum atomic E-state index is 11.8. The van der Waals surface area contributed by atoms with E-state index >= 15 is 0 Å². The summed E-state index contributed by atoms with van der Waals surface area (Å²) in [6.07, 6.45) is 4.54. The highest BCUT2D eigenvalue weighted by atomic mass is 16.6. The third kappa shape index (κ3) is 2.33. The van der Waals surface area contributed by atoms with Crippen LogP contribution in [0.5, 0.6) is 0 Å². The van der Waals surface area contributed by atoms with Crippen LogP contribution >= 0.6 is 0 Å². The summed E-state index contributed by atoms with van der Waals surface area (Å²) in [7, 11) is 0. The quantitative estimate of drug-likeness (QED) is 0.382. The van der Waals surface area contributed by atoms with Crippen molar-refractivity contribution < 1.29 is 14.8 Å². The molecule has 6 nitrogen and oxygen atoms in total. The Hall–Kier alpha value is -2.11. The predicted molar refractivity (Wildman–Crippen MR) is 74.5 cm³/mol. The molecule has 1 aromatic rings. The Bertz CT molecular complexity index is 534. The van der Waals surface area contributed by atoms with E-state index in [2.05, 4.69) is 0 Å². The molecule has 0 radical (unpaired) electrons. The Kier molecular flexibility index (Phi) is 3.92. The molecule has 1 saturated carbocycles. The van der Waals surface area contributed by atoms with Gasteiger partial charge < -0.3 is 10.8 Å². The maximum Gasteiger partial charge on any atom is 0.314 e. The minimum atomic E-state index is -1.09. The summed E-state index contributed by atoms with van der Waals surface area (Å²) in [5, 5.41) is 20.7. The van der Waals surface area contributed by atoms with Crippen molar-refractivity contribution in [3.8, 4) is 0 Å². The summed E-state index contributed by atoms with van der Waals surface area (Å²) in [5.74, 6) is -0.938. The molecule has 0 heterocycles. The Balaban J connectivity index is 2.57. The highest BCUT2D eigenvalue weighted by molar-refractivity contribution is 5.85. The van der Waals surface area contributed by atoms with Gasteiger partial charge in [0.1, 0.15) is 5.69 Å². The Morgan fingerprint density at radius 1 is 1.25 bits per heavy atom. The molecule has 0 spiro atoms. The minimum absolute atomic E-state index is 0.0122. The van der Waals surface area contributed by atoms with Gasteiger partial charge in [-0.15, -0.1) is 0 Å². The van der Waals surface area contributed by atoms with Gasteiger partial charge >= 0.3 is 5.97 Å². The predicted octanol–water partition coefficient (Wildman–Crippen LogP) is 2.85. The lowest BCUT2D eigenvalue weighted by Gasteiger charge is -2.29. The molecule has 1 aromatic carbocycles. The van der Waals surface area contributed by atoms with Crippen molar-refractivity contribution in [2.45, 2.75) is 43.9 Å². The number of carbonyl (C=O) groups is 1. The van der Waals surface area contributed by atoms with Crippen molar-refractivity contribution in [3.63, 3.8) is 0 Å². The van der Waals surface area contributed by atoms with E-state index in [1.165, 1.54) is 12.1 Å². The monoisotopic (exact) mass is 278 g/mol. The molecule has 0 amide bonds. The van der Waals surface area contributed by atoms with Gasteiger partial charge in [-0.05, 0) is 18.4 Å². The smallest absolute Gasteiger partial charge is 0.314 e. The minimum Gasteiger partial charge on any atom is -0.481 e. The number of aliphatic carboxylic acids is 1. The van der Waals surface area contributed by atoms with Gasteiger partial charge in [-0.1, -0.05) is 37.8 Å². The van der Waals surface area contributed by atoms with E-state index < -0.39 is 16.3 Å². The van der Waals surface area contributed by atoms with Crippen LogP contribution in [0.4, 0.5) is 11.4 Å². The summed E-state index contributed by atoms with van der Waals surface area (Å²) in [5.41, 5.74) is 4.96. The van der Waals surface area contributed by atoms with E-state index in [0.717, 1.165) is 25.7 Å². The lowest BCUT2D eigenvalue weighted by atomic mass is 9.73. The molecule has 0 aliphatic heterocycles. The molecule has 20 heavy (non-hydrogen) atoms. The lowest BCUT2D eigenvalue weighted by molar-refractivity contribution is -0.384. The van der Waals surface area contributed by atoms with Gasteiger partial charge in [0.05, 0.1) is 10.3 Å². The molecular weight excluding hydrogens is 260 g/mol. The highest BCUT2D eigenvalue weighted by Crippen LogP contribution is 2.43. The van der Waals surface area contributed by atoms with Gasteiger partial charge in [0, 0.05) is 6.07 Å².